The first-order valence-corrected chi connectivity index (χ1v) is 21.2. The fourth-order valence-corrected chi connectivity index (χ4v) is 7.57. The van der Waals surface area contributed by atoms with E-state index >= 15 is 0 Å². The quantitative estimate of drug-likeness (QED) is 0.0622. The number of hydrogen-bond donors (Lipinski definition) is 1. The van der Waals surface area contributed by atoms with Crippen molar-refractivity contribution in [1.82, 2.24) is 4.98 Å². The Hall–Kier alpha value is -3.31. The Kier molecular flexibility index (Phi) is 14.4. The van der Waals surface area contributed by atoms with E-state index < -0.39 is 8.07 Å². The third-order valence-electron chi connectivity index (χ3n) is 9.56. The van der Waals surface area contributed by atoms with Gasteiger partial charge < -0.3 is 9.52 Å². The van der Waals surface area contributed by atoms with Crippen LogP contribution in [0.25, 0.3) is 44.3 Å². The first kappa shape index (κ1) is 40.1. The van der Waals surface area contributed by atoms with Gasteiger partial charge in [-0.25, -0.2) is 0 Å². The van der Waals surface area contributed by atoms with Gasteiger partial charge in [-0.1, -0.05) is 114 Å². The molecule has 5 rings (SSSR count). The maximum absolute atomic E-state index is 11.7. The Balaban J connectivity index is 0.000000347. The molecular weight excluding hydrogens is 799 g/mol. The molecule has 0 amide bonds. The van der Waals surface area contributed by atoms with Crippen molar-refractivity contribution in [2.75, 3.05) is 0 Å². The van der Waals surface area contributed by atoms with E-state index in [1.165, 1.54) is 27.8 Å². The number of nitrogens with zero attached hydrogens (tertiary/aromatic N) is 1. The minimum absolute atomic E-state index is 0. The Bertz CT molecular complexity index is 1890. The molecule has 0 atom stereocenters. The van der Waals surface area contributed by atoms with Gasteiger partial charge in [0.2, 0.25) is 0 Å². The van der Waals surface area contributed by atoms with E-state index in [0.717, 1.165) is 64.6 Å². The molecule has 3 aromatic carbocycles. The maximum atomic E-state index is 11.7. The summed E-state index contributed by atoms with van der Waals surface area (Å²) >= 11 is 0. The average Bonchev–Trinajstić information content (AvgIpc) is 3.49. The normalized spacial score (nSPS) is 12.1. The molecule has 4 nitrogen and oxygen atoms in total. The van der Waals surface area contributed by atoms with E-state index in [2.05, 4.69) is 101 Å². The van der Waals surface area contributed by atoms with Gasteiger partial charge in [0.25, 0.3) is 0 Å². The van der Waals surface area contributed by atoms with Crippen molar-refractivity contribution in [3.8, 4) is 22.6 Å². The first-order valence-electron chi connectivity index (χ1n) is 17.7. The number of carbonyl (C=O) groups excluding carboxylic acids is 1. The molecule has 5 aromatic rings. The number of furan rings is 1. The van der Waals surface area contributed by atoms with Crippen LogP contribution in [0, 0.1) is 24.8 Å². The number of aryl methyl sites for hydroxylation is 1. The van der Waals surface area contributed by atoms with Crippen LogP contribution in [0.3, 0.4) is 0 Å². The summed E-state index contributed by atoms with van der Waals surface area (Å²) in [5.74, 6) is 1.84. The van der Waals surface area contributed by atoms with Crippen molar-refractivity contribution in [3.63, 3.8) is 0 Å². The van der Waals surface area contributed by atoms with Gasteiger partial charge in [0, 0.05) is 60.9 Å². The SMILES string of the molecule is CCC(CC)C(=O)/C=C(\O)C(CC)CC.Cc1cc([Si](C)(C)C)ccc1-c1cc2ccnc(-c3[c-]c4ccccc4c(C(C)C)c3)c2o1.[Ir]. The van der Waals surface area contributed by atoms with Crippen LogP contribution in [-0.4, -0.2) is 23.9 Å². The molecule has 0 saturated carbocycles. The van der Waals surface area contributed by atoms with Crippen molar-refractivity contribution < 1.29 is 34.4 Å². The third-order valence-corrected chi connectivity index (χ3v) is 11.6. The molecule has 6 heteroatoms. The topological polar surface area (TPSA) is 63.3 Å². The summed E-state index contributed by atoms with van der Waals surface area (Å²) in [6.07, 6.45) is 6.78. The van der Waals surface area contributed by atoms with Crippen molar-refractivity contribution in [3.05, 3.63) is 95.9 Å². The summed E-state index contributed by atoms with van der Waals surface area (Å²) in [5.41, 5.74) is 6.36. The molecule has 1 N–H and O–H groups in total. The van der Waals surface area contributed by atoms with Gasteiger partial charge in [-0.2, -0.15) is 0 Å². The molecule has 0 aliphatic rings. The van der Waals surface area contributed by atoms with Crippen LogP contribution in [0.15, 0.2) is 83.1 Å². The second-order valence-electron chi connectivity index (χ2n) is 14.3. The Labute approximate surface area is 308 Å². The summed E-state index contributed by atoms with van der Waals surface area (Å²) in [5, 5.41) is 14.7. The van der Waals surface area contributed by atoms with Crippen LogP contribution < -0.4 is 5.19 Å². The monoisotopic (exact) mass is 853 g/mol. The predicted octanol–water partition coefficient (Wildman–Crippen LogP) is 12.0. The standard InChI is InChI=1S/C30H30NOSi.C13H24O2.Ir/c1-19(2)27-17-23(16-21-9-7-8-10-26(21)27)29-30-22(13-14-31-29)18-28(32-30)25-12-11-24(15-20(25)3)33(4,5)6;1-5-10(6-2)12(14)9-13(15)11(7-3)8-4;/h7-15,17-19H,1-6H3;9-11,14H,5-8H2,1-4H3;/q-1;;/b;12-9-;. The number of carbonyl (C=O) groups is 1. The number of aliphatic hydroxyl groups excluding tert-OH is 1. The number of aromatic nitrogens is 1. The van der Waals surface area contributed by atoms with E-state index in [1.54, 1.807) is 0 Å². The van der Waals surface area contributed by atoms with Crippen molar-refractivity contribution >= 4 is 40.8 Å². The Morgan fingerprint density at radius 3 is 2.16 bits per heavy atom. The van der Waals surface area contributed by atoms with E-state index in [-0.39, 0.29) is 43.5 Å². The predicted molar refractivity (Wildman–Crippen MR) is 207 cm³/mol. The summed E-state index contributed by atoms with van der Waals surface area (Å²) in [7, 11) is -1.36. The Morgan fingerprint density at radius 1 is 0.918 bits per heavy atom. The summed E-state index contributed by atoms with van der Waals surface area (Å²) in [6, 6.07) is 25.3. The van der Waals surface area contributed by atoms with E-state index in [1.807, 2.05) is 40.0 Å². The van der Waals surface area contributed by atoms with Gasteiger partial charge in [0.05, 0.1) is 13.8 Å². The summed E-state index contributed by atoms with van der Waals surface area (Å²) < 4.78 is 6.49. The van der Waals surface area contributed by atoms with E-state index in [0.29, 0.717) is 5.92 Å². The van der Waals surface area contributed by atoms with Crippen LogP contribution in [-0.2, 0) is 24.9 Å². The number of hydrogen-bond acceptors (Lipinski definition) is 4. The molecular formula is C43H54IrNO3Si-. The molecule has 2 aromatic heterocycles. The van der Waals surface area contributed by atoms with E-state index in [9.17, 15) is 9.90 Å². The molecule has 0 aliphatic carbocycles. The number of fused-ring (bicyclic) bond motifs is 2. The minimum Gasteiger partial charge on any atom is -0.512 e. The van der Waals surface area contributed by atoms with Crippen LogP contribution >= 0.6 is 0 Å². The molecule has 263 valence electrons. The number of allylic oxidation sites excluding steroid dienone is 2. The second kappa shape index (κ2) is 17.6. The van der Waals surface area contributed by atoms with Crippen molar-refractivity contribution in [2.45, 2.75) is 99.7 Å². The van der Waals surface area contributed by atoms with Crippen LogP contribution in [0.4, 0.5) is 0 Å². The largest absolute Gasteiger partial charge is 0.512 e. The summed E-state index contributed by atoms with van der Waals surface area (Å²) in [6.45, 7) is 21.9. The smallest absolute Gasteiger partial charge is 0.162 e. The molecule has 0 spiro atoms. The molecule has 0 saturated heterocycles. The second-order valence-corrected chi connectivity index (χ2v) is 19.4. The zero-order valence-corrected chi connectivity index (χ0v) is 34.4. The summed E-state index contributed by atoms with van der Waals surface area (Å²) in [4.78, 5) is 16.5. The maximum Gasteiger partial charge on any atom is 0.162 e. The van der Waals surface area contributed by atoms with Gasteiger partial charge in [0.15, 0.2) is 5.78 Å². The van der Waals surface area contributed by atoms with Gasteiger partial charge in [-0.3, -0.25) is 9.78 Å². The molecule has 0 unspecified atom stereocenters. The number of rotatable bonds is 11. The van der Waals surface area contributed by atoms with Gasteiger partial charge in [0.1, 0.15) is 11.3 Å². The Morgan fingerprint density at radius 2 is 1.57 bits per heavy atom. The van der Waals surface area contributed by atoms with Crippen molar-refractivity contribution in [2.24, 2.45) is 11.8 Å². The molecule has 1 radical (unpaired) electrons. The fourth-order valence-electron chi connectivity index (χ4n) is 6.34. The number of aliphatic hydroxyl groups is 1. The molecule has 0 fully saturated rings. The van der Waals surface area contributed by atoms with Crippen LogP contribution in [0.1, 0.15) is 84.3 Å². The zero-order chi connectivity index (χ0) is 35.2. The van der Waals surface area contributed by atoms with Crippen LogP contribution in [0.2, 0.25) is 19.6 Å². The molecule has 0 bridgehead atoms. The number of ketones is 1. The first-order chi connectivity index (χ1) is 22.8. The fraction of sp³-hybridized carbons (Fsp3) is 0.395. The zero-order valence-electron chi connectivity index (χ0n) is 31.0. The molecule has 0 aliphatic heterocycles. The van der Waals surface area contributed by atoms with Gasteiger partial charge >= 0.3 is 0 Å². The molecule has 2 heterocycles. The van der Waals surface area contributed by atoms with Gasteiger partial charge in [-0.15, -0.1) is 29.1 Å². The minimum atomic E-state index is -1.36. The van der Waals surface area contributed by atoms with E-state index in [4.69, 9.17) is 9.40 Å². The number of benzene rings is 3. The van der Waals surface area contributed by atoms with Gasteiger partial charge in [-0.05, 0) is 56.2 Å². The molecule has 49 heavy (non-hydrogen) atoms. The van der Waals surface area contributed by atoms with Crippen molar-refractivity contribution in [1.29, 1.82) is 0 Å². The van der Waals surface area contributed by atoms with Crippen LogP contribution in [0.5, 0.6) is 0 Å². The number of pyridine rings is 1. The third kappa shape index (κ3) is 9.48. The average molecular weight is 853 g/mol.